The number of anilines is 1. The smallest absolute Gasteiger partial charge is 0.149 e. The molecule has 0 spiro atoms. The number of benzene rings is 1. The van der Waals surface area contributed by atoms with Gasteiger partial charge in [0.2, 0.25) is 0 Å². The predicted molar refractivity (Wildman–Crippen MR) is 101 cm³/mol. The first kappa shape index (κ1) is 20.9. The molecule has 138 valence electrons. The summed E-state index contributed by atoms with van der Waals surface area (Å²) in [6.07, 6.45) is 13.4. The van der Waals surface area contributed by atoms with E-state index < -0.39 is 11.6 Å². The summed E-state index contributed by atoms with van der Waals surface area (Å²) in [7, 11) is 0. The van der Waals surface area contributed by atoms with Gasteiger partial charge in [-0.2, -0.15) is 0 Å². The molecular weight excluding hydrogens is 304 g/mol. The molecule has 0 fully saturated rings. The minimum Gasteiger partial charge on any atom is -0.369 e. The first-order chi connectivity index (χ1) is 11.7. The first-order valence-corrected chi connectivity index (χ1v) is 9.89. The summed E-state index contributed by atoms with van der Waals surface area (Å²) in [6, 6.07) is 3.95. The molecule has 0 aliphatic heterocycles. The minimum atomic E-state index is -0.502. The van der Waals surface area contributed by atoms with Crippen LogP contribution in [-0.2, 0) is 0 Å². The van der Waals surface area contributed by atoms with Crippen molar-refractivity contribution in [2.24, 2.45) is 0 Å². The topological polar surface area (TPSA) is 3.24 Å². The molecule has 0 atom stereocenters. The zero-order valence-electron chi connectivity index (χ0n) is 15.6. The fourth-order valence-electron chi connectivity index (χ4n) is 3.08. The first-order valence-electron chi connectivity index (χ1n) is 9.89. The Balaban J connectivity index is 2.45. The summed E-state index contributed by atoms with van der Waals surface area (Å²) in [5.74, 6) is -0.938. The average molecular weight is 340 g/mol. The van der Waals surface area contributed by atoms with Crippen LogP contribution in [0.25, 0.3) is 0 Å². The molecule has 0 bridgehead atoms. The summed E-state index contributed by atoms with van der Waals surface area (Å²) < 4.78 is 27.3. The molecule has 1 aromatic carbocycles. The second-order valence-electron chi connectivity index (χ2n) is 6.76. The molecule has 0 radical (unpaired) electrons. The largest absolute Gasteiger partial charge is 0.369 e. The summed E-state index contributed by atoms with van der Waals surface area (Å²) in [5.41, 5.74) is 0.555. The minimum absolute atomic E-state index is 0.437. The Labute approximate surface area is 147 Å². The molecular formula is C21H35F2N. The highest BCUT2D eigenvalue weighted by Crippen LogP contribution is 2.22. The lowest BCUT2D eigenvalue weighted by Crippen LogP contribution is -2.26. The van der Waals surface area contributed by atoms with Crippen LogP contribution in [0.4, 0.5) is 14.5 Å². The monoisotopic (exact) mass is 339 g/mol. The van der Waals surface area contributed by atoms with Crippen LogP contribution in [0, 0.1) is 11.6 Å². The van der Waals surface area contributed by atoms with E-state index in [1.54, 1.807) is 6.07 Å². The van der Waals surface area contributed by atoms with Crippen LogP contribution in [0.3, 0.4) is 0 Å². The van der Waals surface area contributed by atoms with Crippen LogP contribution in [0.2, 0.25) is 0 Å². The molecule has 0 aliphatic carbocycles. The lowest BCUT2D eigenvalue weighted by atomic mass is 10.1. The van der Waals surface area contributed by atoms with Crippen LogP contribution in [0.15, 0.2) is 18.2 Å². The highest BCUT2D eigenvalue weighted by molar-refractivity contribution is 5.47. The number of hydrogen-bond acceptors (Lipinski definition) is 1. The van der Waals surface area contributed by atoms with Gasteiger partial charge in [-0.25, -0.2) is 8.78 Å². The summed E-state index contributed by atoms with van der Waals surface area (Å²) in [4.78, 5) is 2.11. The van der Waals surface area contributed by atoms with Crippen LogP contribution in [0.5, 0.6) is 0 Å². The van der Waals surface area contributed by atoms with E-state index in [9.17, 15) is 8.78 Å². The second-order valence-corrected chi connectivity index (χ2v) is 6.76. The maximum Gasteiger partial charge on any atom is 0.149 e. The highest BCUT2D eigenvalue weighted by Gasteiger charge is 2.12. The Morgan fingerprint density at radius 3 is 1.75 bits per heavy atom. The van der Waals surface area contributed by atoms with Crippen molar-refractivity contribution in [1.29, 1.82) is 0 Å². The summed E-state index contributed by atoms with van der Waals surface area (Å²) in [6.45, 7) is 6.14. The zero-order valence-corrected chi connectivity index (χ0v) is 15.6. The lowest BCUT2D eigenvalue weighted by molar-refractivity contribution is 0.557. The molecule has 24 heavy (non-hydrogen) atoms. The van der Waals surface area contributed by atoms with Crippen molar-refractivity contribution in [2.45, 2.75) is 84.5 Å². The average Bonchev–Trinajstić information content (AvgIpc) is 2.56. The van der Waals surface area contributed by atoms with Crippen molar-refractivity contribution >= 4 is 5.69 Å². The van der Waals surface area contributed by atoms with E-state index in [0.717, 1.165) is 32.0 Å². The molecule has 1 rings (SSSR count). The number of halogens is 2. The summed E-state index contributed by atoms with van der Waals surface area (Å²) in [5, 5.41) is 0. The van der Waals surface area contributed by atoms with Gasteiger partial charge < -0.3 is 4.90 Å². The van der Waals surface area contributed by atoms with Crippen molar-refractivity contribution in [3.8, 4) is 0 Å². The molecule has 0 saturated carbocycles. The van der Waals surface area contributed by atoms with E-state index in [2.05, 4.69) is 18.7 Å². The zero-order chi connectivity index (χ0) is 17.6. The Kier molecular flexibility index (Phi) is 11.5. The van der Waals surface area contributed by atoms with E-state index >= 15 is 0 Å². The summed E-state index contributed by atoms with van der Waals surface area (Å²) >= 11 is 0. The van der Waals surface area contributed by atoms with Crippen LogP contribution < -0.4 is 4.90 Å². The molecule has 0 aromatic heterocycles. The molecule has 0 saturated heterocycles. The fraction of sp³-hybridized carbons (Fsp3) is 0.714. The fourth-order valence-corrected chi connectivity index (χ4v) is 3.08. The predicted octanol–water partition coefficient (Wildman–Crippen LogP) is 7.10. The lowest BCUT2D eigenvalue weighted by Gasteiger charge is -2.25. The SMILES string of the molecule is CCCCCCCCCN(CCCCCC)c1ccc(F)cc1F. The van der Waals surface area contributed by atoms with Crippen molar-refractivity contribution in [3.63, 3.8) is 0 Å². The molecule has 0 unspecified atom stereocenters. The quantitative estimate of drug-likeness (QED) is 0.327. The van der Waals surface area contributed by atoms with Gasteiger partial charge in [0.25, 0.3) is 0 Å². The molecule has 0 aliphatic rings. The van der Waals surface area contributed by atoms with Crippen molar-refractivity contribution < 1.29 is 8.78 Å². The maximum absolute atomic E-state index is 14.1. The molecule has 0 N–H and O–H groups in total. The van der Waals surface area contributed by atoms with Crippen molar-refractivity contribution in [2.75, 3.05) is 18.0 Å². The number of hydrogen-bond donors (Lipinski definition) is 0. The van der Waals surface area contributed by atoms with Crippen LogP contribution in [0.1, 0.15) is 84.5 Å². The Bertz CT molecular complexity index is 434. The molecule has 0 amide bonds. The number of unbranched alkanes of at least 4 members (excludes halogenated alkanes) is 9. The van der Waals surface area contributed by atoms with Crippen molar-refractivity contribution in [3.05, 3.63) is 29.8 Å². The third-order valence-electron chi connectivity index (χ3n) is 4.56. The molecule has 3 heteroatoms. The van der Waals surface area contributed by atoms with E-state index in [1.165, 1.54) is 63.9 Å². The Morgan fingerprint density at radius 2 is 1.21 bits per heavy atom. The van der Waals surface area contributed by atoms with E-state index in [1.807, 2.05) is 0 Å². The maximum atomic E-state index is 14.1. The van der Waals surface area contributed by atoms with E-state index in [-0.39, 0.29) is 0 Å². The van der Waals surface area contributed by atoms with Gasteiger partial charge in [-0.3, -0.25) is 0 Å². The van der Waals surface area contributed by atoms with Crippen LogP contribution in [-0.4, -0.2) is 13.1 Å². The third-order valence-corrected chi connectivity index (χ3v) is 4.56. The normalized spacial score (nSPS) is 11.0. The van der Waals surface area contributed by atoms with Gasteiger partial charge in [0.15, 0.2) is 0 Å². The van der Waals surface area contributed by atoms with Gasteiger partial charge in [0.05, 0.1) is 5.69 Å². The van der Waals surface area contributed by atoms with Gasteiger partial charge in [-0.1, -0.05) is 71.6 Å². The second kappa shape index (κ2) is 13.2. The van der Waals surface area contributed by atoms with E-state index in [0.29, 0.717) is 5.69 Å². The Morgan fingerprint density at radius 1 is 0.708 bits per heavy atom. The highest BCUT2D eigenvalue weighted by atomic mass is 19.1. The molecule has 0 heterocycles. The molecule has 1 aromatic rings. The van der Waals surface area contributed by atoms with Gasteiger partial charge in [-0.15, -0.1) is 0 Å². The van der Waals surface area contributed by atoms with Gasteiger partial charge in [-0.05, 0) is 25.0 Å². The van der Waals surface area contributed by atoms with Gasteiger partial charge in [0.1, 0.15) is 11.6 Å². The van der Waals surface area contributed by atoms with Crippen molar-refractivity contribution in [1.82, 2.24) is 0 Å². The number of rotatable bonds is 14. The third kappa shape index (κ3) is 8.65. The van der Waals surface area contributed by atoms with Gasteiger partial charge in [0, 0.05) is 19.2 Å². The molecule has 1 nitrogen and oxygen atoms in total. The van der Waals surface area contributed by atoms with E-state index in [4.69, 9.17) is 0 Å². The Hall–Kier alpha value is -1.12. The standard InChI is InChI=1S/C21H35F2N/c1-3-5-7-9-10-11-13-17-24(16-12-8-6-4-2)21-15-14-19(22)18-20(21)23/h14-15,18H,3-13,16-17H2,1-2H3. The number of nitrogens with zero attached hydrogens (tertiary/aromatic N) is 1. The van der Waals surface area contributed by atoms with Crippen LogP contribution >= 0.6 is 0 Å². The van der Waals surface area contributed by atoms with Gasteiger partial charge >= 0.3 is 0 Å².